The van der Waals surface area contributed by atoms with Crippen LogP contribution in [0.1, 0.15) is 81.4 Å². The molecule has 1 aliphatic rings. The third-order valence-corrected chi connectivity index (χ3v) is 5.01. The van der Waals surface area contributed by atoms with Gasteiger partial charge in [0, 0.05) is 5.56 Å². The van der Waals surface area contributed by atoms with Gasteiger partial charge in [-0.25, -0.2) is 0 Å². The predicted octanol–water partition coefficient (Wildman–Crippen LogP) is 2.33. The molecule has 0 aliphatic heterocycles. The van der Waals surface area contributed by atoms with E-state index in [4.69, 9.17) is 0 Å². The van der Waals surface area contributed by atoms with Gasteiger partial charge in [0.05, 0.1) is 0 Å². The van der Waals surface area contributed by atoms with Gasteiger partial charge >= 0.3 is 23.1 Å². The first-order valence-electron chi connectivity index (χ1n) is 8.06. The fourth-order valence-electron chi connectivity index (χ4n) is 3.61. The van der Waals surface area contributed by atoms with Crippen LogP contribution in [0.4, 0.5) is 0 Å². The minimum Gasteiger partial charge on any atom is -1.00 e. The molecule has 1 aromatic rings. The molecule has 2 rings (SSSR count). The summed E-state index contributed by atoms with van der Waals surface area (Å²) in [6.45, 7) is 17.6. The first kappa shape index (κ1) is 25.2. The Labute approximate surface area is 165 Å². The molecule has 0 radical (unpaired) electrons. The standard InChI is InChI=1S/C17H24O.C3H7.ClH.Mg/c1-10(2)16-12(4)17(5,6)15-8-13(9-18)11(3)7-14(15)16;1-3-2;;/h7-10,12,16H,1-6H3;3H,1-2H3;1H;/q;-1;;+2/p-1. The maximum atomic E-state index is 11.1. The van der Waals surface area contributed by atoms with Gasteiger partial charge in [-0.15, -0.1) is 0 Å². The minimum absolute atomic E-state index is 0. The van der Waals surface area contributed by atoms with Crippen molar-refractivity contribution < 1.29 is 17.2 Å². The second-order valence-corrected chi connectivity index (χ2v) is 7.27. The van der Waals surface area contributed by atoms with Crippen LogP contribution in [-0.4, -0.2) is 29.3 Å². The molecule has 1 nitrogen and oxygen atoms in total. The van der Waals surface area contributed by atoms with Crippen LogP contribution in [0, 0.1) is 25.2 Å². The Morgan fingerprint density at radius 3 is 2.09 bits per heavy atom. The van der Waals surface area contributed by atoms with Crippen molar-refractivity contribution in [2.45, 2.75) is 66.7 Å². The van der Waals surface area contributed by atoms with E-state index >= 15 is 0 Å². The molecule has 23 heavy (non-hydrogen) atoms. The molecule has 1 aromatic carbocycles. The Morgan fingerprint density at radius 2 is 1.70 bits per heavy atom. The van der Waals surface area contributed by atoms with Gasteiger partial charge in [-0.3, -0.25) is 4.79 Å². The molecule has 0 heterocycles. The quantitative estimate of drug-likeness (QED) is 0.456. The second-order valence-electron chi connectivity index (χ2n) is 7.27. The molecule has 0 bridgehead atoms. The summed E-state index contributed by atoms with van der Waals surface area (Å²) in [4.78, 5) is 11.1. The minimum atomic E-state index is 0. The molecule has 126 valence electrons. The van der Waals surface area contributed by atoms with Crippen molar-refractivity contribution in [3.63, 3.8) is 0 Å². The number of hydrogen-bond donors (Lipinski definition) is 0. The fourth-order valence-corrected chi connectivity index (χ4v) is 3.61. The Morgan fingerprint density at radius 1 is 1.22 bits per heavy atom. The number of halogens is 1. The van der Waals surface area contributed by atoms with Gasteiger partial charge in [0.15, 0.2) is 0 Å². The summed E-state index contributed by atoms with van der Waals surface area (Å²) >= 11 is 0. The summed E-state index contributed by atoms with van der Waals surface area (Å²) in [6.07, 6.45) is 2.99. The van der Waals surface area contributed by atoms with Crippen LogP contribution >= 0.6 is 0 Å². The molecule has 0 N–H and O–H groups in total. The molecule has 2 unspecified atom stereocenters. The molecule has 0 spiro atoms. The van der Waals surface area contributed by atoms with E-state index in [0.717, 1.165) is 17.4 Å². The van der Waals surface area contributed by atoms with Crippen molar-refractivity contribution in [3.05, 3.63) is 40.8 Å². The SMILES string of the molecule is C[CH-]C.Cc1cc2c(cc1C=O)C(C)(C)C(C)C2C(C)C.[Cl-].[Mg+2]. The van der Waals surface area contributed by atoms with Crippen LogP contribution in [0.2, 0.25) is 0 Å². The monoisotopic (exact) mass is 346 g/mol. The van der Waals surface area contributed by atoms with E-state index in [1.807, 2.05) is 27.2 Å². The van der Waals surface area contributed by atoms with Crippen molar-refractivity contribution in [1.29, 1.82) is 0 Å². The summed E-state index contributed by atoms with van der Waals surface area (Å²) in [7, 11) is 0. The smallest absolute Gasteiger partial charge is 1.00 e. The number of aryl methyl sites for hydroxylation is 1. The topological polar surface area (TPSA) is 17.1 Å². The molecule has 2 atom stereocenters. The Kier molecular flexibility index (Phi) is 11.0. The van der Waals surface area contributed by atoms with E-state index in [-0.39, 0.29) is 40.9 Å². The van der Waals surface area contributed by atoms with Crippen LogP contribution < -0.4 is 12.4 Å². The molecule has 0 fully saturated rings. The number of hydrogen-bond acceptors (Lipinski definition) is 1. The molecule has 0 aromatic heterocycles. The van der Waals surface area contributed by atoms with Gasteiger partial charge in [0.1, 0.15) is 6.29 Å². The number of carbonyl (C=O) groups excluding carboxylic acids is 1. The van der Waals surface area contributed by atoms with Crippen molar-refractivity contribution in [2.24, 2.45) is 11.8 Å². The van der Waals surface area contributed by atoms with Crippen molar-refractivity contribution in [1.82, 2.24) is 0 Å². The van der Waals surface area contributed by atoms with Crippen LogP contribution in [0.5, 0.6) is 0 Å². The first-order valence-corrected chi connectivity index (χ1v) is 8.06. The average Bonchev–Trinajstić information content (AvgIpc) is 2.57. The van der Waals surface area contributed by atoms with E-state index in [2.05, 4.69) is 46.8 Å². The summed E-state index contributed by atoms with van der Waals surface area (Å²) in [5.41, 5.74) is 4.96. The van der Waals surface area contributed by atoms with E-state index in [9.17, 15) is 4.79 Å². The van der Waals surface area contributed by atoms with Gasteiger partial charge in [0.25, 0.3) is 0 Å². The largest absolute Gasteiger partial charge is 2.00 e. The zero-order valence-corrected chi connectivity index (χ0v) is 18.2. The third-order valence-electron chi connectivity index (χ3n) is 5.01. The van der Waals surface area contributed by atoms with Gasteiger partial charge in [-0.1, -0.05) is 40.7 Å². The Hall–Kier alpha value is -0.0538. The number of aldehydes is 1. The van der Waals surface area contributed by atoms with E-state index in [1.54, 1.807) is 0 Å². The fraction of sp³-hybridized carbons (Fsp3) is 0.600. The number of rotatable bonds is 2. The van der Waals surface area contributed by atoms with Crippen molar-refractivity contribution in [2.75, 3.05) is 0 Å². The number of fused-ring (bicyclic) bond motifs is 1. The zero-order chi connectivity index (χ0) is 16.4. The molecular formula is C20H31ClMgO. The Bertz CT molecular complexity index is 509. The maximum absolute atomic E-state index is 11.1. The zero-order valence-electron chi connectivity index (χ0n) is 16.0. The van der Waals surface area contributed by atoms with E-state index < -0.39 is 0 Å². The molecular weight excluding hydrogens is 316 g/mol. The molecule has 0 saturated heterocycles. The molecule has 0 amide bonds. The van der Waals surface area contributed by atoms with Crippen LogP contribution in [0.25, 0.3) is 0 Å². The second kappa shape index (κ2) is 10.1. The predicted molar refractivity (Wildman–Crippen MR) is 97.7 cm³/mol. The average molecular weight is 347 g/mol. The summed E-state index contributed by atoms with van der Waals surface area (Å²) in [5, 5.41) is 0. The van der Waals surface area contributed by atoms with Gasteiger partial charge in [0.2, 0.25) is 0 Å². The molecule has 0 saturated carbocycles. The van der Waals surface area contributed by atoms with Crippen molar-refractivity contribution >= 4 is 29.3 Å². The Balaban J connectivity index is 0. The summed E-state index contributed by atoms with van der Waals surface area (Å²) in [5.74, 6) is 1.87. The summed E-state index contributed by atoms with van der Waals surface area (Å²) in [6, 6.07) is 4.37. The maximum Gasteiger partial charge on any atom is 2.00 e. The molecule has 1 aliphatic carbocycles. The first-order chi connectivity index (χ1) is 9.72. The van der Waals surface area contributed by atoms with Crippen LogP contribution in [-0.2, 0) is 5.41 Å². The van der Waals surface area contributed by atoms with Crippen molar-refractivity contribution in [3.8, 4) is 0 Å². The normalized spacial score (nSPS) is 20.6. The number of benzene rings is 1. The number of carbonyl (C=O) groups is 1. The van der Waals surface area contributed by atoms with E-state index in [0.29, 0.717) is 17.8 Å². The summed E-state index contributed by atoms with van der Waals surface area (Å²) < 4.78 is 0. The van der Waals surface area contributed by atoms with Gasteiger partial charge < -0.3 is 18.8 Å². The van der Waals surface area contributed by atoms with Gasteiger partial charge in [-0.05, 0) is 52.8 Å². The van der Waals surface area contributed by atoms with Gasteiger partial charge in [-0.2, -0.15) is 13.8 Å². The van der Waals surface area contributed by atoms with Crippen LogP contribution in [0.15, 0.2) is 12.1 Å². The van der Waals surface area contributed by atoms with Crippen LogP contribution in [0.3, 0.4) is 0 Å². The molecule has 3 heteroatoms. The van der Waals surface area contributed by atoms with E-state index in [1.165, 1.54) is 11.1 Å². The third kappa shape index (κ3) is 4.96.